The van der Waals surface area contributed by atoms with E-state index in [0.717, 1.165) is 16.5 Å². The van der Waals surface area contributed by atoms with E-state index in [0.29, 0.717) is 20.1 Å². The molecule has 3 aromatic rings. The van der Waals surface area contributed by atoms with Crippen molar-refractivity contribution in [1.29, 1.82) is 0 Å². The molecule has 3 N–H and O–H groups in total. The highest BCUT2D eigenvalue weighted by Gasteiger charge is 2.50. The maximum Gasteiger partial charge on any atom is 0.347 e. The number of aromatic amines is 1. The minimum absolute atomic E-state index is 0.462. The number of hydrogen-bond acceptors (Lipinski definition) is 5. The molecule has 0 spiro atoms. The highest BCUT2D eigenvalue weighted by atomic mass is 35.5. The van der Waals surface area contributed by atoms with Crippen LogP contribution in [-0.2, 0) is 0 Å². The largest absolute Gasteiger partial charge is 0.361 e. The molecule has 0 bridgehead atoms. The summed E-state index contributed by atoms with van der Waals surface area (Å²) in [5, 5.41) is 21.7. The monoisotopic (exact) mass is 473 g/mol. The molecule has 2 aromatic carbocycles. The van der Waals surface area contributed by atoms with E-state index in [4.69, 9.17) is 23.8 Å². The van der Waals surface area contributed by atoms with Gasteiger partial charge in [-0.05, 0) is 44.2 Å². The van der Waals surface area contributed by atoms with Gasteiger partial charge in [0.1, 0.15) is 0 Å². The Bertz CT molecular complexity index is 1160. The molecule has 4 rings (SSSR count). The number of fused-ring (bicyclic) bond motifs is 1. The molecule has 0 aliphatic carbocycles. The zero-order valence-electron chi connectivity index (χ0n) is 16.7. The summed E-state index contributed by atoms with van der Waals surface area (Å²) in [5.74, 6) is 0. The van der Waals surface area contributed by atoms with Gasteiger partial charge in [-0.15, -0.1) is 0 Å². The van der Waals surface area contributed by atoms with Crippen molar-refractivity contribution in [2.24, 2.45) is 5.10 Å². The van der Waals surface area contributed by atoms with Crippen LogP contribution in [0, 0.1) is 0 Å². The molecule has 0 saturated carbocycles. The molecule has 1 aliphatic heterocycles. The van der Waals surface area contributed by atoms with Gasteiger partial charge in [-0.1, -0.05) is 53.8 Å². The first-order valence-electron chi connectivity index (χ1n) is 9.43. The molecule has 160 valence electrons. The number of para-hydroxylation sites is 1. The van der Waals surface area contributed by atoms with Crippen molar-refractivity contribution in [1.82, 2.24) is 15.1 Å². The Morgan fingerprint density at radius 1 is 1.32 bits per heavy atom. The maximum atomic E-state index is 12.7. The highest BCUT2D eigenvalue weighted by molar-refractivity contribution is 8.24. The van der Waals surface area contributed by atoms with E-state index >= 15 is 0 Å². The smallest absolute Gasteiger partial charge is 0.347 e. The van der Waals surface area contributed by atoms with E-state index in [2.05, 4.69) is 15.4 Å². The van der Waals surface area contributed by atoms with Crippen LogP contribution in [0.4, 0.5) is 10.5 Å². The van der Waals surface area contributed by atoms with Gasteiger partial charge < -0.3 is 10.3 Å². The average molecular weight is 474 g/mol. The molecule has 1 atom stereocenters. The van der Waals surface area contributed by atoms with Gasteiger partial charge in [0.05, 0.1) is 11.0 Å². The van der Waals surface area contributed by atoms with Crippen LogP contribution < -0.4 is 5.32 Å². The summed E-state index contributed by atoms with van der Waals surface area (Å²) in [4.78, 5) is 15.9. The van der Waals surface area contributed by atoms with Crippen molar-refractivity contribution in [3.8, 4) is 0 Å². The van der Waals surface area contributed by atoms with Gasteiger partial charge in [0.25, 0.3) is 0 Å². The van der Waals surface area contributed by atoms with Crippen LogP contribution in [-0.4, -0.2) is 47.7 Å². The first-order valence-corrected chi connectivity index (χ1v) is 11.0. The van der Waals surface area contributed by atoms with Crippen LogP contribution in [0.15, 0.2) is 59.8 Å². The number of carbonyl (C=O) groups excluding carboxylic acids is 1. The number of anilines is 1. The predicted octanol–water partition coefficient (Wildman–Crippen LogP) is 5.52. The van der Waals surface area contributed by atoms with Crippen LogP contribution in [0.5, 0.6) is 0 Å². The second-order valence-corrected chi connectivity index (χ2v) is 10.2. The number of thioether (sulfide) groups is 1. The van der Waals surface area contributed by atoms with Crippen LogP contribution in [0.3, 0.4) is 0 Å². The second kappa shape index (κ2) is 8.51. The van der Waals surface area contributed by atoms with Crippen molar-refractivity contribution >= 4 is 68.7 Å². The number of amides is 2. The van der Waals surface area contributed by atoms with E-state index in [-0.39, 0.29) is 0 Å². The third-order valence-electron chi connectivity index (χ3n) is 4.87. The molecule has 1 aliphatic rings. The number of hydroxylamine groups is 2. The molecule has 2 heterocycles. The van der Waals surface area contributed by atoms with Crippen LogP contribution in [0.1, 0.15) is 19.4 Å². The Hall–Kier alpha value is -2.59. The van der Waals surface area contributed by atoms with E-state index in [1.54, 1.807) is 30.5 Å². The molecule has 7 nitrogen and oxygen atoms in total. The Labute approximate surface area is 194 Å². The Kier molecular flexibility index (Phi) is 5.94. The van der Waals surface area contributed by atoms with Crippen molar-refractivity contribution in [3.05, 3.63) is 65.3 Å². The minimum atomic E-state index is -0.807. The molecule has 1 aromatic heterocycles. The number of aromatic nitrogens is 1. The van der Waals surface area contributed by atoms with Gasteiger partial charge in [-0.3, -0.25) is 5.21 Å². The normalized spacial score (nSPS) is 18.1. The van der Waals surface area contributed by atoms with Gasteiger partial charge in [0.15, 0.2) is 10.5 Å². The predicted molar refractivity (Wildman–Crippen MR) is 130 cm³/mol. The summed E-state index contributed by atoms with van der Waals surface area (Å²) in [5.41, 5.74) is 2.38. The average Bonchev–Trinajstić information content (AvgIpc) is 3.24. The van der Waals surface area contributed by atoms with Gasteiger partial charge >= 0.3 is 6.03 Å². The van der Waals surface area contributed by atoms with E-state index in [9.17, 15) is 10.0 Å². The number of nitrogens with zero attached hydrogens (tertiary/aromatic N) is 3. The first kappa shape index (κ1) is 21.6. The fourth-order valence-electron chi connectivity index (χ4n) is 3.38. The zero-order valence-corrected chi connectivity index (χ0v) is 19.1. The Balaban J connectivity index is 1.58. The number of nitrogens with one attached hydrogen (secondary N) is 2. The van der Waals surface area contributed by atoms with Crippen molar-refractivity contribution in [3.63, 3.8) is 0 Å². The van der Waals surface area contributed by atoms with E-state index in [1.807, 2.05) is 44.3 Å². The topological polar surface area (TPSA) is 84.0 Å². The first-order chi connectivity index (χ1) is 14.8. The zero-order chi connectivity index (χ0) is 22.2. The third kappa shape index (κ3) is 4.40. The lowest BCUT2D eigenvalue weighted by atomic mass is 10.1. The summed E-state index contributed by atoms with van der Waals surface area (Å²) in [6.07, 6.45) is 2.72. The molecule has 0 radical (unpaired) electrons. The number of halogens is 1. The summed E-state index contributed by atoms with van der Waals surface area (Å²) < 4.78 is -0.134. The fourth-order valence-corrected chi connectivity index (χ4v) is 5.29. The summed E-state index contributed by atoms with van der Waals surface area (Å²) in [6.45, 7) is 3.79. The van der Waals surface area contributed by atoms with Crippen molar-refractivity contribution < 1.29 is 10.0 Å². The summed E-state index contributed by atoms with van der Waals surface area (Å²) in [6, 6.07) is 13.8. The number of hydrazone groups is 1. The van der Waals surface area contributed by atoms with Crippen molar-refractivity contribution in [2.45, 2.75) is 24.8 Å². The molecular formula is C21H20ClN5O2S2. The number of H-pyrrole nitrogens is 1. The maximum absolute atomic E-state index is 12.7. The lowest BCUT2D eigenvalue weighted by Crippen LogP contribution is -2.54. The number of urea groups is 1. The molecular weight excluding hydrogens is 454 g/mol. The molecule has 2 amide bonds. The summed E-state index contributed by atoms with van der Waals surface area (Å²) in [7, 11) is 0. The Morgan fingerprint density at radius 2 is 2.03 bits per heavy atom. The van der Waals surface area contributed by atoms with Crippen LogP contribution in [0.25, 0.3) is 10.9 Å². The molecule has 10 heteroatoms. The highest BCUT2D eigenvalue weighted by Crippen LogP contribution is 2.42. The number of carbonyl (C=O) groups is 1. The van der Waals surface area contributed by atoms with Crippen LogP contribution >= 0.6 is 35.6 Å². The standard InChI is InChI=1S/C21H20ClN5O2S2/c1-21(2)18(27(29)19(28)25-15-9-7-14(22)8-10-15)26(20(30)31-21)24-12-13-11-23-17-6-4-3-5-16(13)17/h3-12,18,23,29H,1-2H3,(H,25,28). The molecule has 1 fully saturated rings. The third-order valence-corrected chi connectivity index (χ3v) is 6.66. The number of hydrogen-bond donors (Lipinski definition) is 3. The van der Waals surface area contributed by atoms with Crippen molar-refractivity contribution in [2.75, 3.05) is 5.32 Å². The quantitative estimate of drug-likeness (QED) is 0.201. The van der Waals surface area contributed by atoms with E-state index in [1.165, 1.54) is 16.8 Å². The lowest BCUT2D eigenvalue weighted by Gasteiger charge is -2.34. The van der Waals surface area contributed by atoms with Gasteiger partial charge in [0, 0.05) is 33.4 Å². The lowest BCUT2D eigenvalue weighted by molar-refractivity contribution is -0.114. The molecule has 31 heavy (non-hydrogen) atoms. The summed E-state index contributed by atoms with van der Waals surface area (Å²) >= 11 is 12.7. The number of rotatable bonds is 4. The Morgan fingerprint density at radius 3 is 2.77 bits per heavy atom. The van der Waals surface area contributed by atoms with Crippen LogP contribution in [0.2, 0.25) is 5.02 Å². The number of benzene rings is 2. The fraction of sp³-hybridized carbons (Fsp3) is 0.190. The number of thiocarbonyl (C=S) groups is 1. The van der Waals surface area contributed by atoms with Gasteiger partial charge in [-0.2, -0.15) is 10.2 Å². The SMILES string of the molecule is CC1(C)SC(=S)N(N=Cc2c[nH]c3ccccc23)C1N(O)C(=O)Nc1ccc(Cl)cc1. The van der Waals surface area contributed by atoms with Gasteiger partial charge in [0.2, 0.25) is 0 Å². The van der Waals surface area contributed by atoms with E-state index < -0.39 is 16.9 Å². The minimum Gasteiger partial charge on any atom is -0.361 e. The second-order valence-electron chi connectivity index (χ2n) is 7.51. The molecule has 1 saturated heterocycles. The van der Waals surface area contributed by atoms with Gasteiger partial charge in [-0.25, -0.2) is 9.80 Å². The molecule has 1 unspecified atom stereocenters.